The van der Waals surface area contributed by atoms with Crippen LogP contribution >= 0.6 is 0 Å². The van der Waals surface area contributed by atoms with E-state index in [1.165, 1.54) is 42.8 Å². The SMILES string of the molecule is [CH2]CCN([Si](CC)(CC)CC)[Si](CC)(CC)CC. The summed E-state index contributed by atoms with van der Waals surface area (Å²) >= 11 is 0. The molecule has 0 saturated heterocycles. The van der Waals surface area contributed by atoms with E-state index < -0.39 is 16.5 Å². The lowest BCUT2D eigenvalue weighted by atomic mass is 10.5. The Bertz CT molecular complexity index is 174. The Morgan fingerprint density at radius 1 is 0.667 bits per heavy atom. The second kappa shape index (κ2) is 8.54. The standard InChI is InChI=1S/C15H36NSi2/c1-8-15-16(17(9-2,10-3)11-4)18(12-5,13-6)14-7/h1,8-15H2,2-7H3. The van der Waals surface area contributed by atoms with Crippen molar-refractivity contribution in [2.24, 2.45) is 0 Å². The Morgan fingerprint density at radius 2 is 0.944 bits per heavy atom. The van der Waals surface area contributed by atoms with Gasteiger partial charge in [-0.15, -0.1) is 0 Å². The van der Waals surface area contributed by atoms with Gasteiger partial charge in [-0.3, -0.25) is 0 Å². The zero-order valence-corrected chi connectivity index (χ0v) is 15.8. The minimum Gasteiger partial charge on any atom is -0.345 e. The van der Waals surface area contributed by atoms with E-state index in [2.05, 4.69) is 52.7 Å². The molecule has 0 heterocycles. The molecule has 0 aliphatic carbocycles. The van der Waals surface area contributed by atoms with Crippen molar-refractivity contribution in [1.82, 2.24) is 4.23 Å². The summed E-state index contributed by atoms with van der Waals surface area (Å²) in [5.41, 5.74) is 0. The van der Waals surface area contributed by atoms with Crippen molar-refractivity contribution in [1.29, 1.82) is 0 Å². The third-order valence-corrected chi connectivity index (χ3v) is 19.0. The van der Waals surface area contributed by atoms with Gasteiger partial charge in [-0.1, -0.05) is 48.5 Å². The van der Waals surface area contributed by atoms with Gasteiger partial charge in [-0.05, 0) is 49.2 Å². The number of rotatable bonds is 10. The maximum atomic E-state index is 4.16. The maximum absolute atomic E-state index is 4.16. The van der Waals surface area contributed by atoms with Crippen LogP contribution in [0.5, 0.6) is 0 Å². The molecule has 0 N–H and O–H groups in total. The van der Waals surface area contributed by atoms with Gasteiger partial charge in [0, 0.05) is 0 Å². The molecule has 0 aliphatic rings. The Morgan fingerprint density at radius 3 is 1.11 bits per heavy atom. The minimum atomic E-state index is -1.21. The normalized spacial score (nSPS) is 13.3. The highest BCUT2D eigenvalue weighted by Crippen LogP contribution is 2.35. The minimum absolute atomic E-state index is 1.09. The molecular weight excluding hydrogens is 250 g/mol. The predicted molar refractivity (Wildman–Crippen MR) is 91.1 cm³/mol. The van der Waals surface area contributed by atoms with E-state index >= 15 is 0 Å². The van der Waals surface area contributed by atoms with Crippen molar-refractivity contribution >= 4 is 16.5 Å². The number of nitrogens with zero attached hydrogens (tertiary/aromatic N) is 1. The number of hydrogen-bond acceptors (Lipinski definition) is 1. The molecule has 0 aliphatic heterocycles. The van der Waals surface area contributed by atoms with Crippen LogP contribution in [0.2, 0.25) is 36.3 Å². The first-order valence-corrected chi connectivity index (χ1v) is 13.3. The second-order valence-corrected chi connectivity index (χ2v) is 16.2. The van der Waals surface area contributed by atoms with E-state index in [9.17, 15) is 0 Å². The largest absolute Gasteiger partial charge is 0.345 e. The molecule has 0 saturated carbocycles. The number of hydrogen-bond donors (Lipinski definition) is 0. The van der Waals surface area contributed by atoms with Crippen LogP contribution in [0.25, 0.3) is 0 Å². The summed E-state index contributed by atoms with van der Waals surface area (Å²) in [5.74, 6) is 0. The van der Waals surface area contributed by atoms with Crippen LogP contribution in [0, 0.1) is 6.92 Å². The molecular formula is C15H36NSi2. The van der Waals surface area contributed by atoms with Crippen molar-refractivity contribution in [3.8, 4) is 0 Å². The summed E-state index contributed by atoms with van der Waals surface area (Å²) in [6.07, 6.45) is 1.09. The lowest BCUT2D eigenvalue weighted by molar-refractivity contribution is 0.579. The molecule has 0 unspecified atom stereocenters. The van der Waals surface area contributed by atoms with Crippen LogP contribution in [-0.4, -0.2) is 27.2 Å². The van der Waals surface area contributed by atoms with Crippen LogP contribution in [0.4, 0.5) is 0 Å². The first kappa shape index (κ1) is 18.4. The van der Waals surface area contributed by atoms with Gasteiger partial charge in [0.1, 0.15) is 16.5 Å². The van der Waals surface area contributed by atoms with Crippen molar-refractivity contribution in [3.63, 3.8) is 0 Å². The van der Waals surface area contributed by atoms with Gasteiger partial charge in [0.15, 0.2) is 0 Å². The summed E-state index contributed by atoms with van der Waals surface area (Å²) in [5, 5.41) is 0. The first-order chi connectivity index (χ1) is 8.56. The molecule has 0 fully saturated rings. The summed E-state index contributed by atoms with van der Waals surface area (Å²) in [4.78, 5) is 0. The van der Waals surface area contributed by atoms with E-state index in [0.29, 0.717) is 0 Å². The highest BCUT2D eigenvalue weighted by molar-refractivity contribution is 6.92. The van der Waals surface area contributed by atoms with Crippen molar-refractivity contribution < 1.29 is 0 Å². The Hall–Kier alpha value is 0.394. The quantitative estimate of drug-likeness (QED) is 0.478. The second-order valence-electron chi connectivity index (χ2n) is 5.58. The smallest absolute Gasteiger partial charge is 0.120 e. The topological polar surface area (TPSA) is 3.24 Å². The fourth-order valence-electron chi connectivity index (χ4n) is 3.78. The first-order valence-electron chi connectivity index (χ1n) is 8.13. The average Bonchev–Trinajstić information content (AvgIpc) is 2.44. The van der Waals surface area contributed by atoms with Crippen LogP contribution in [0.15, 0.2) is 0 Å². The van der Waals surface area contributed by atoms with E-state index in [1.54, 1.807) is 0 Å². The van der Waals surface area contributed by atoms with Gasteiger partial charge >= 0.3 is 0 Å². The summed E-state index contributed by atoms with van der Waals surface area (Å²) in [7, 11) is -2.42. The van der Waals surface area contributed by atoms with E-state index in [0.717, 1.165) is 6.42 Å². The van der Waals surface area contributed by atoms with Crippen LogP contribution < -0.4 is 0 Å². The zero-order valence-electron chi connectivity index (χ0n) is 13.8. The third-order valence-electron chi connectivity index (χ3n) is 5.48. The Balaban J connectivity index is 5.49. The molecule has 0 aromatic heterocycles. The Kier molecular flexibility index (Phi) is 8.73. The fourth-order valence-corrected chi connectivity index (χ4v) is 17.2. The molecule has 0 rings (SSSR count). The molecule has 0 atom stereocenters. The predicted octanol–water partition coefficient (Wildman–Crippen LogP) is 5.52. The zero-order chi connectivity index (χ0) is 14.2. The third kappa shape index (κ3) is 3.48. The molecule has 0 amide bonds. The fraction of sp³-hybridized carbons (Fsp3) is 0.933. The summed E-state index contributed by atoms with van der Waals surface area (Å²) in [6, 6.07) is 8.55. The Labute approximate surface area is 119 Å². The summed E-state index contributed by atoms with van der Waals surface area (Å²) in [6.45, 7) is 20.1. The molecule has 109 valence electrons. The van der Waals surface area contributed by atoms with Crippen molar-refractivity contribution in [3.05, 3.63) is 6.92 Å². The summed E-state index contributed by atoms with van der Waals surface area (Å²) < 4.78 is 3.10. The van der Waals surface area contributed by atoms with Gasteiger partial charge in [0.25, 0.3) is 0 Å². The van der Waals surface area contributed by atoms with Crippen molar-refractivity contribution in [2.45, 2.75) is 84.2 Å². The van der Waals surface area contributed by atoms with Crippen LogP contribution in [-0.2, 0) is 0 Å². The molecule has 0 spiro atoms. The van der Waals surface area contributed by atoms with E-state index in [-0.39, 0.29) is 0 Å². The van der Waals surface area contributed by atoms with Gasteiger partial charge in [0.05, 0.1) is 0 Å². The van der Waals surface area contributed by atoms with E-state index in [4.69, 9.17) is 0 Å². The lowest BCUT2D eigenvalue weighted by Crippen LogP contribution is -2.65. The molecule has 3 heteroatoms. The van der Waals surface area contributed by atoms with Gasteiger partial charge in [0.2, 0.25) is 0 Å². The molecule has 1 radical (unpaired) electrons. The van der Waals surface area contributed by atoms with Crippen LogP contribution in [0.3, 0.4) is 0 Å². The molecule has 18 heavy (non-hydrogen) atoms. The molecule has 0 aromatic rings. The van der Waals surface area contributed by atoms with Gasteiger partial charge in [-0.2, -0.15) is 0 Å². The molecule has 0 bridgehead atoms. The monoisotopic (exact) mass is 286 g/mol. The highest BCUT2D eigenvalue weighted by atomic mass is 28.4. The molecule has 0 aromatic carbocycles. The van der Waals surface area contributed by atoms with Crippen molar-refractivity contribution in [2.75, 3.05) is 6.54 Å². The lowest BCUT2D eigenvalue weighted by Gasteiger charge is -2.52. The van der Waals surface area contributed by atoms with Gasteiger partial charge in [-0.25, -0.2) is 0 Å². The van der Waals surface area contributed by atoms with Crippen LogP contribution in [0.1, 0.15) is 48.0 Å². The van der Waals surface area contributed by atoms with Gasteiger partial charge < -0.3 is 4.23 Å². The average molecular weight is 287 g/mol. The highest BCUT2D eigenvalue weighted by Gasteiger charge is 2.45. The maximum Gasteiger partial charge on any atom is 0.120 e. The molecule has 1 nitrogen and oxygen atoms in total. The van der Waals surface area contributed by atoms with E-state index in [1.807, 2.05) is 0 Å².